The fraction of sp³-hybridized carbons (Fsp3) is 0.357. The first-order chi connectivity index (χ1) is 14.0. The molecule has 0 fully saturated rings. The second-order valence-electron chi connectivity index (χ2n) is 8.96. The molecule has 0 radical (unpaired) electrons. The van der Waals surface area contributed by atoms with Gasteiger partial charge in [0.15, 0.2) is 0 Å². The molecule has 4 rings (SSSR count). The van der Waals surface area contributed by atoms with Gasteiger partial charge in [0.2, 0.25) is 0 Å². The summed E-state index contributed by atoms with van der Waals surface area (Å²) in [6.07, 6.45) is 0. The summed E-state index contributed by atoms with van der Waals surface area (Å²) in [4.78, 5) is 2.80. The molecule has 0 nitrogen and oxygen atoms in total. The van der Waals surface area contributed by atoms with Crippen molar-refractivity contribution in [3.05, 3.63) is 66.4 Å². The van der Waals surface area contributed by atoms with Gasteiger partial charge in [-0.2, -0.15) is 0 Å². The maximum atomic E-state index is 2.42. The van der Waals surface area contributed by atoms with Crippen molar-refractivity contribution in [3.63, 3.8) is 0 Å². The maximum Gasteiger partial charge on any atom is 0.0383 e. The van der Waals surface area contributed by atoms with Gasteiger partial charge in [0.05, 0.1) is 0 Å². The molecule has 0 aliphatic heterocycles. The van der Waals surface area contributed by atoms with Crippen LogP contribution in [0.2, 0.25) is 0 Å². The number of aryl methyl sites for hydroxylation is 4. The summed E-state index contributed by atoms with van der Waals surface area (Å²) >= 11 is 3.91. The number of rotatable bonds is 2. The number of thiophene rings is 2. The van der Waals surface area contributed by atoms with E-state index in [1.165, 1.54) is 85.6 Å². The molecule has 0 saturated carbocycles. The molecule has 2 aromatic carbocycles. The molecule has 0 N–H and O–H groups in total. The zero-order valence-electron chi connectivity index (χ0n) is 20.0. The van der Waals surface area contributed by atoms with E-state index in [1.54, 1.807) is 0 Å². The highest BCUT2D eigenvalue weighted by Gasteiger charge is 2.17. The summed E-state index contributed by atoms with van der Waals surface area (Å²) in [6.45, 7) is 22.7. The fourth-order valence-corrected chi connectivity index (χ4v) is 7.17. The van der Waals surface area contributed by atoms with Gasteiger partial charge in [-0.15, -0.1) is 22.7 Å². The highest BCUT2D eigenvalue weighted by Crippen LogP contribution is 2.42. The van der Waals surface area contributed by atoms with Crippen LogP contribution in [0.25, 0.3) is 31.3 Å². The van der Waals surface area contributed by atoms with Gasteiger partial charge in [-0.1, -0.05) is 0 Å². The Morgan fingerprint density at radius 3 is 1.10 bits per heavy atom. The lowest BCUT2D eigenvalue weighted by Gasteiger charge is -2.10. The van der Waals surface area contributed by atoms with Gasteiger partial charge in [0, 0.05) is 19.2 Å². The second-order valence-corrected chi connectivity index (χ2v) is 11.1. The van der Waals surface area contributed by atoms with Crippen molar-refractivity contribution in [2.24, 2.45) is 0 Å². The van der Waals surface area contributed by atoms with Crippen molar-refractivity contribution < 1.29 is 0 Å². The quantitative estimate of drug-likeness (QED) is 0.296. The lowest BCUT2D eigenvalue weighted by molar-refractivity contribution is 1.26. The van der Waals surface area contributed by atoms with Crippen LogP contribution in [-0.2, 0) is 0 Å². The van der Waals surface area contributed by atoms with Crippen LogP contribution in [0.1, 0.15) is 68.1 Å². The van der Waals surface area contributed by atoms with E-state index in [2.05, 4.69) is 81.4 Å². The summed E-state index contributed by atoms with van der Waals surface area (Å²) in [5.74, 6) is 0. The molecular weight excluding hydrogens is 400 g/mol. The van der Waals surface area contributed by atoms with Crippen LogP contribution in [0.15, 0.2) is 12.1 Å². The monoisotopic (exact) mass is 432 g/mol. The minimum Gasteiger partial charge on any atom is -0.135 e. The Bertz CT molecular complexity index is 1170. The van der Waals surface area contributed by atoms with Gasteiger partial charge in [-0.25, -0.2) is 0 Å². The average Bonchev–Trinajstić information content (AvgIpc) is 3.37. The van der Waals surface area contributed by atoms with E-state index in [9.17, 15) is 0 Å². The smallest absolute Gasteiger partial charge is 0.0383 e. The third-order valence-corrected chi connectivity index (χ3v) is 10.4. The van der Waals surface area contributed by atoms with Crippen LogP contribution in [0.3, 0.4) is 0 Å². The van der Waals surface area contributed by atoms with E-state index < -0.39 is 0 Å². The molecule has 2 aromatic heterocycles. The predicted molar refractivity (Wildman–Crippen MR) is 140 cm³/mol. The molecule has 156 valence electrons. The van der Waals surface area contributed by atoms with Crippen LogP contribution >= 0.6 is 22.7 Å². The molecular formula is C28H32S2. The van der Waals surface area contributed by atoms with Crippen molar-refractivity contribution in [1.29, 1.82) is 0 Å². The van der Waals surface area contributed by atoms with Gasteiger partial charge in [0.25, 0.3) is 0 Å². The van der Waals surface area contributed by atoms with Crippen molar-refractivity contribution >= 4 is 54.0 Å². The lowest BCUT2D eigenvalue weighted by Crippen LogP contribution is -1.90. The molecule has 0 aliphatic rings. The van der Waals surface area contributed by atoms with Gasteiger partial charge in [-0.05, 0) is 148 Å². The van der Waals surface area contributed by atoms with E-state index in [0.29, 0.717) is 0 Å². The van der Waals surface area contributed by atoms with E-state index in [1.807, 2.05) is 22.7 Å². The minimum atomic E-state index is 1.40. The zero-order valence-corrected chi connectivity index (χ0v) is 21.6. The largest absolute Gasteiger partial charge is 0.135 e. The predicted octanol–water partition coefficient (Wildman–Crippen LogP) is 9.53. The lowest BCUT2D eigenvalue weighted by atomic mass is 9.95. The number of hydrogen-bond donors (Lipinski definition) is 0. The molecule has 0 spiro atoms. The Labute approximate surface area is 189 Å². The second kappa shape index (κ2) is 7.35. The van der Waals surface area contributed by atoms with Crippen molar-refractivity contribution in [2.75, 3.05) is 0 Å². The molecule has 2 heterocycles. The van der Waals surface area contributed by atoms with Gasteiger partial charge < -0.3 is 0 Å². The van der Waals surface area contributed by atoms with Crippen molar-refractivity contribution in [3.8, 4) is 0 Å². The summed E-state index contributed by atoms with van der Waals surface area (Å²) in [6, 6.07) is 4.84. The standard InChI is InChI=1S/C28H32S2/c1-13-15(3)21(9)27-23(17(13)5)11-25(29-27)19(7)20(8)26-12-24-18(6)14(2)16(4)22(10)28(24)30-26/h11-12H,1-10H3/b20-19+. The normalized spacial score (nSPS) is 12.9. The van der Waals surface area contributed by atoms with E-state index in [-0.39, 0.29) is 0 Å². The minimum absolute atomic E-state index is 1.40. The Morgan fingerprint density at radius 2 is 0.767 bits per heavy atom. The Morgan fingerprint density at radius 1 is 0.467 bits per heavy atom. The highest BCUT2D eigenvalue weighted by atomic mass is 32.1. The Kier molecular flexibility index (Phi) is 5.23. The van der Waals surface area contributed by atoms with Crippen LogP contribution in [0, 0.1) is 55.4 Å². The molecule has 0 bridgehead atoms. The number of hydrogen-bond acceptors (Lipinski definition) is 2. The highest BCUT2D eigenvalue weighted by molar-refractivity contribution is 7.21. The molecule has 0 saturated heterocycles. The van der Waals surface area contributed by atoms with Gasteiger partial charge in [0.1, 0.15) is 0 Å². The van der Waals surface area contributed by atoms with E-state index in [4.69, 9.17) is 0 Å². The van der Waals surface area contributed by atoms with E-state index >= 15 is 0 Å². The summed E-state index contributed by atoms with van der Waals surface area (Å²) in [7, 11) is 0. The maximum absolute atomic E-state index is 2.42. The van der Waals surface area contributed by atoms with Crippen LogP contribution in [0.4, 0.5) is 0 Å². The Hall–Kier alpha value is -1.90. The first kappa shape index (κ1) is 21.3. The molecule has 0 atom stereocenters. The fourth-order valence-electron chi connectivity index (χ4n) is 4.51. The molecule has 30 heavy (non-hydrogen) atoms. The van der Waals surface area contributed by atoms with Crippen molar-refractivity contribution in [2.45, 2.75) is 69.2 Å². The topological polar surface area (TPSA) is 0 Å². The van der Waals surface area contributed by atoms with Crippen LogP contribution < -0.4 is 0 Å². The molecule has 0 aliphatic carbocycles. The van der Waals surface area contributed by atoms with Crippen LogP contribution in [0.5, 0.6) is 0 Å². The zero-order chi connectivity index (χ0) is 22.1. The van der Waals surface area contributed by atoms with Crippen LogP contribution in [-0.4, -0.2) is 0 Å². The first-order valence-corrected chi connectivity index (χ1v) is 12.4. The van der Waals surface area contributed by atoms with Gasteiger partial charge in [-0.3, -0.25) is 0 Å². The summed E-state index contributed by atoms with van der Waals surface area (Å²) < 4.78 is 2.90. The molecule has 0 unspecified atom stereocenters. The SMILES string of the molecule is C/C(=C(/C)c1cc2c(C)c(C)c(C)c(C)c2s1)c1cc2c(C)c(C)c(C)c(C)c2s1. The third kappa shape index (κ3) is 2.99. The van der Waals surface area contributed by atoms with Crippen molar-refractivity contribution in [1.82, 2.24) is 0 Å². The summed E-state index contributed by atoms with van der Waals surface area (Å²) in [5.41, 5.74) is 14.3. The molecule has 0 amide bonds. The first-order valence-electron chi connectivity index (χ1n) is 10.7. The molecule has 2 heteroatoms. The average molecular weight is 433 g/mol. The number of allylic oxidation sites excluding steroid dienone is 2. The number of benzene rings is 2. The van der Waals surface area contributed by atoms with Gasteiger partial charge >= 0.3 is 0 Å². The third-order valence-electron chi connectivity index (χ3n) is 7.63. The summed E-state index contributed by atoms with van der Waals surface area (Å²) in [5, 5.41) is 2.86. The number of fused-ring (bicyclic) bond motifs is 2. The van der Waals surface area contributed by atoms with E-state index in [0.717, 1.165) is 0 Å². The molecule has 4 aromatic rings. The Balaban J connectivity index is 1.92.